The monoisotopic (exact) mass is 345 g/mol. The van der Waals surface area contributed by atoms with Crippen molar-refractivity contribution in [2.24, 2.45) is 0 Å². The Morgan fingerprint density at radius 3 is 2.92 bits per heavy atom. The van der Waals surface area contributed by atoms with Gasteiger partial charge in [0, 0.05) is 13.1 Å². The molecule has 0 bridgehead atoms. The summed E-state index contributed by atoms with van der Waals surface area (Å²) in [5.41, 5.74) is 3.50. The molecule has 0 spiro atoms. The Bertz CT molecular complexity index is 661. The molecule has 1 N–H and O–H groups in total. The van der Waals surface area contributed by atoms with Gasteiger partial charge in [0.2, 0.25) is 11.8 Å². The van der Waals surface area contributed by atoms with Crippen LogP contribution in [0, 0.1) is 13.8 Å². The van der Waals surface area contributed by atoms with Crippen molar-refractivity contribution in [1.82, 2.24) is 15.1 Å². The maximum atomic E-state index is 12.8. The van der Waals surface area contributed by atoms with E-state index in [0.29, 0.717) is 26.2 Å². The van der Waals surface area contributed by atoms with Crippen LogP contribution in [0.1, 0.15) is 29.7 Å². The Labute approximate surface area is 149 Å². The number of ether oxygens (including phenoxy) is 1. The molecular formula is C19H27N3O3. The van der Waals surface area contributed by atoms with Crippen molar-refractivity contribution in [2.75, 3.05) is 39.3 Å². The minimum atomic E-state index is -0.112. The van der Waals surface area contributed by atoms with Crippen molar-refractivity contribution in [2.45, 2.75) is 32.9 Å². The summed E-state index contributed by atoms with van der Waals surface area (Å²) in [4.78, 5) is 28.3. The van der Waals surface area contributed by atoms with Crippen LogP contribution in [0.25, 0.3) is 0 Å². The molecule has 0 radical (unpaired) electrons. The molecule has 2 heterocycles. The summed E-state index contributed by atoms with van der Waals surface area (Å²) in [6.45, 7) is 8.98. The zero-order chi connectivity index (χ0) is 18.0. The van der Waals surface area contributed by atoms with Crippen LogP contribution in [0.5, 0.6) is 0 Å². The predicted octanol–water partition coefficient (Wildman–Crippen LogP) is 1.02. The zero-order valence-electron chi connectivity index (χ0n) is 15.2. The fraction of sp³-hybridized carbons (Fsp3) is 0.579. The number of rotatable bonds is 3. The molecule has 2 atom stereocenters. The number of nitrogens with zero attached hydrogens (tertiary/aromatic N) is 2. The van der Waals surface area contributed by atoms with Crippen LogP contribution >= 0.6 is 0 Å². The summed E-state index contributed by atoms with van der Waals surface area (Å²) in [7, 11) is 0. The first-order chi connectivity index (χ1) is 12.0. The molecular weight excluding hydrogens is 318 g/mol. The topological polar surface area (TPSA) is 61.9 Å². The molecule has 2 fully saturated rings. The number of benzene rings is 1. The lowest BCUT2D eigenvalue weighted by Gasteiger charge is -2.40. The van der Waals surface area contributed by atoms with Crippen molar-refractivity contribution in [3.8, 4) is 0 Å². The third-order valence-corrected chi connectivity index (χ3v) is 5.05. The van der Waals surface area contributed by atoms with Crippen LogP contribution in [-0.4, -0.2) is 67.0 Å². The van der Waals surface area contributed by atoms with E-state index in [1.54, 1.807) is 4.90 Å². The normalized spacial score (nSPS) is 24.5. The number of hydrogen-bond acceptors (Lipinski definition) is 4. The molecule has 25 heavy (non-hydrogen) atoms. The minimum absolute atomic E-state index is 0.00126. The Balaban J connectivity index is 1.70. The number of hydrogen-bond donors (Lipinski definition) is 1. The van der Waals surface area contributed by atoms with E-state index in [9.17, 15) is 9.59 Å². The molecule has 1 aromatic rings. The lowest BCUT2D eigenvalue weighted by atomic mass is 9.99. The van der Waals surface area contributed by atoms with Crippen LogP contribution in [0.3, 0.4) is 0 Å². The zero-order valence-corrected chi connectivity index (χ0v) is 15.2. The molecule has 3 rings (SSSR count). The molecule has 0 aliphatic carbocycles. The molecule has 0 aromatic heterocycles. The number of piperazine rings is 1. The molecule has 2 aliphatic rings. The number of aryl methyl sites for hydroxylation is 2. The second-order valence-electron chi connectivity index (χ2n) is 7.07. The quantitative estimate of drug-likeness (QED) is 0.889. The van der Waals surface area contributed by atoms with E-state index in [0.717, 1.165) is 12.1 Å². The number of carbonyl (C=O) groups is 2. The molecule has 2 saturated heterocycles. The molecule has 2 unspecified atom stereocenters. The maximum Gasteiger partial charge on any atom is 0.242 e. The summed E-state index contributed by atoms with van der Waals surface area (Å²) in [6, 6.07) is 6.34. The second-order valence-corrected chi connectivity index (χ2v) is 7.07. The fourth-order valence-corrected chi connectivity index (χ4v) is 3.47. The second kappa shape index (κ2) is 7.54. The first kappa shape index (κ1) is 17.9. The van der Waals surface area contributed by atoms with E-state index in [1.807, 2.05) is 11.8 Å². The van der Waals surface area contributed by atoms with Crippen LogP contribution < -0.4 is 5.32 Å². The minimum Gasteiger partial charge on any atom is -0.370 e. The molecule has 136 valence electrons. The lowest BCUT2D eigenvalue weighted by molar-refractivity contribution is -0.149. The fourth-order valence-electron chi connectivity index (χ4n) is 3.47. The number of amides is 2. The first-order valence-corrected chi connectivity index (χ1v) is 8.92. The van der Waals surface area contributed by atoms with Gasteiger partial charge in [-0.15, -0.1) is 0 Å². The van der Waals surface area contributed by atoms with Crippen molar-refractivity contribution in [3.63, 3.8) is 0 Å². The van der Waals surface area contributed by atoms with E-state index in [-0.39, 0.29) is 30.5 Å². The Morgan fingerprint density at radius 1 is 1.36 bits per heavy atom. The smallest absolute Gasteiger partial charge is 0.242 e. The summed E-state index contributed by atoms with van der Waals surface area (Å²) in [5, 5.41) is 3.03. The third-order valence-electron chi connectivity index (χ3n) is 5.05. The van der Waals surface area contributed by atoms with E-state index < -0.39 is 0 Å². The van der Waals surface area contributed by atoms with Crippen molar-refractivity contribution in [3.05, 3.63) is 34.9 Å². The van der Waals surface area contributed by atoms with E-state index in [2.05, 4.69) is 37.4 Å². The summed E-state index contributed by atoms with van der Waals surface area (Å²) in [5.74, 6) is -0.00653. The van der Waals surface area contributed by atoms with Gasteiger partial charge in [-0.1, -0.05) is 23.8 Å². The van der Waals surface area contributed by atoms with Crippen LogP contribution in [-0.2, 0) is 14.3 Å². The third kappa shape index (κ3) is 4.02. The largest absolute Gasteiger partial charge is 0.370 e. The molecule has 1 aromatic carbocycles. The summed E-state index contributed by atoms with van der Waals surface area (Å²) >= 11 is 0. The van der Waals surface area contributed by atoms with Gasteiger partial charge in [0.1, 0.15) is 6.10 Å². The average Bonchev–Trinajstić information content (AvgIpc) is 2.59. The van der Waals surface area contributed by atoms with Gasteiger partial charge in [-0.3, -0.25) is 9.59 Å². The SMILES string of the molecule is Cc1ccc(C)c(C2CN(C(=O)CN3CCNCC3=O)C(C)CO2)c1. The van der Waals surface area contributed by atoms with Gasteiger partial charge in [-0.25, -0.2) is 0 Å². The Kier molecular flexibility index (Phi) is 5.39. The van der Waals surface area contributed by atoms with Crippen molar-refractivity contribution < 1.29 is 14.3 Å². The molecule has 2 aliphatic heterocycles. The highest BCUT2D eigenvalue weighted by molar-refractivity contribution is 5.86. The van der Waals surface area contributed by atoms with Gasteiger partial charge < -0.3 is 19.9 Å². The summed E-state index contributed by atoms with van der Waals surface area (Å²) in [6.07, 6.45) is -0.112. The number of nitrogens with one attached hydrogen (secondary N) is 1. The van der Waals surface area contributed by atoms with Crippen LogP contribution in [0.4, 0.5) is 0 Å². The van der Waals surface area contributed by atoms with E-state index in [1.165, 1.54) is 11.1 Å². The van der Waals surface area contributed by atoms with Crippen molar-refractivity contribution in [1.29, 1.82) is 0 Å². The molecule has 6 nitrogen and oxygen atoms in total. The highest BCUT2D eigenvalue weighted by Gasteiger charge is 2.32. The van der Waals surface area contributed by atoms with Gasteiger partial charge in [0.15, 0.2) is 0 Å². The van der Waals surface area contributed by atoms with Crippen LogP contribution in [0.2, 0.25) is 0 Å². The first-order valence-electron chi connectivity index (χ1n) is 8.92. The predicted molar refractivity (Wildman–Crippen MR) is 95.2 cm³/mol. The van der Waals surface area contributed by atoms with Gasteiger partial charge in [-0.2, -0.15) is 0 Å². The Hall–Kier alpha value is -1.92. The van der Waals surface area contributed by atoms with Gasteiger partial charge >= 0.3 is 0 Å². The molecule has 0 saturated carbocycles. The average molecular weight is 345 g/mol. The highest BCUT2D eigenvalue weighted by atomic mass is 16.5. The lowest BCUT2D eigenvalue weighted by Crippen LogP contribution is -2.55. The van der Waals surface area contributed by atoms with Crippen molar-refractivity contribution >= 4 is 11.8 Å². The number of carbonyl (C=O) groups excluding carboxylic acids is 2. The molecule has 6 heteroatoms. The van der Waals surface area contributed by atoms with Gasteiger partial charge in [0.25, 0.3) is 0 Å². The standard InChI is InChI=1S/C19H27N3O3/c1-13-4-5-14(2)16(8-13)17-10-22(15(3)12-25-17)19(24)11-21-7-6-20-9-18(21)23/h4-5,8,15,17,20H,6-7,9-12H2,1-3H3. The van der Waals surface area contributed by atoms with Gasteiger partial charge in [-0.05, 0) is 31.9 Å². The molecule has 2 amide bonds. The Morgan fingerprint density at radius 2 is 2.16 bits per heavy atom. The van der Waals surface area contributed by atoms with E-state index in [4.69, 9.17) is 4.74 Å². The highest BCUT2D eigenvalue weighted by Crippen LogP contribution is 2.28. The van der Waals surface area contributed by atoms with Gasteiger partial charge in [0.05, 0.1) is 32.3 Å². The van der Waals surface area contributed by atoms with Crippen LogP contribution in [0.15, 0.2) is 18.2 Å². The number of morpholine rings is 1. The summed E-state index contributed by atoms with van der Waals surface area (Å²) < 4.78 is 6.02. The maximum absolute atomic E-state index is 12.8. The van der Waals surface area contributed by atoms with E-state index >= 15 is 0 Å².